The van der Waals surface area contributed by atoms with Gasteiger partial charge in [-0.25, -0.2) is 0 Å². The average Bonchev–Trinajstić information content (AvgIpc) is 2.45. The van der Waals surface area contributed by atoms with Crippen LogP contribution in [0.25, 0.3) is 0 Å². The molecule has 1 unspecified atom stereocenters. The summed E-state index contributed by atoms with van der Waals surface area (Å²) in [5.74, 6) is 0. The first-order chi connectivity index (χ1) is 6.20. The van der Waals surface area contributed by atoms with Crippen molar-refractivity contribution in [3.63, 3.8) is 0 Å². The Hall–Kier alpha value is 0.350. The summed E-state index contributed by atoms with van der Waals surface area (Å²) in [6, 6.07) is 0. The van der Waals surface area contributed by atoms with Crippen molar-refractivity contribution >= 4 is 0 Å². The molecule has 0 spiro atoms. The molecule has 0 aliphatic heterocycles. The summed E-state index contributed by atoms with van der Waals surface area (Å²) in [5.41, 5.74) is 1.59. The number of unbranched alkanes of at least 4 members (excludes halogenated alkanes) is 1. The molecule has 0 saturated heterocycles. The van der Waals surface area contributed by atoms with Crippen molar-refractivity contribution in [3.8, 4) is 0 Å². The molecule has 1 atom stereocenters. The third kappa shape index (κ3) is 3.53. The molecule has 0 radical (unpaired) electrons. The molecule has 71 valence electrons. The maximum atomic E-state index is 2.53. The second-order valence-corrected chi connectivity index (χ2v) is 7.29. The Bertz CT molecular complexity index is 215. The van der Waals surface area contributed by atoms with Crippen molar-refractivity contribution in [1.82, 2.24) is 0 Å². The molecule has 13 heavy (non-hydrogen) atoms. The van der Waals surface area contributed by atoms with Crippen LogP contribution in [0.15, 0.2) is 23.8 Å². The van der Waals surface area contributed by atoms with Crippen LogP contribution in [-0.2, 0) is 24.4 Å². The van der Waals surface area contributed by atoms with Gasteiger partial charge in [0.25, 0.3) is 0 Å². The van der Waals surface area contributed by atoms with Crippen LogP contribution in [0, 0.1) is 0 Å². The van der Waals surface area contributed by atoms with Gasteiger partial charge in [0.1, 0.15) is 0 Å². The van der Waals surface area contributed by atoms with Crippen molar-refractivity contribution in [2.45, 2.75) is 49.1 Å². The van der Waals surface area contributed by atoms with Gasteiger partial charge in [-0.3, -0.25) is 0 Å². The molecule has 1 aliphatic rings. The molecule has 1 rings (SSSR count). The van der Waals surface area contributed by atoms with Crippen LogP contribution >= 0.6 is 0 Å². The zero-order chi connectivity index (χ0) is 9.73. The molecule has 0 N–H and O–H groups in total. The van der Waals surface area contributed by atoms with Gasteiger partial charge in [0.15, 0.2) is 0 Å². The Kier molecular flexibility index (Phi) is 4.64. The fraction of sp³-hybridized carbons (Fsp3) is 0.667. The molecule has 0 saturated carbocycles. The van der Waals surface area contributed by atoms with Gasteiger partial charge in [0.05, 0.1) is 0 Å². The molecule has 1 heteroatoms. The third-order valence-electron chi connectivity index (χ3n) is 2.52. The standard InChI is InChI=1S/C12H19.Hf/c1-3-5-7-12-9-8-11(10-12)6-4-2;/h8-10H,3-7H2,1-2H3;. The van der Waals surface area contributed by atoms with Crippen LogP contribution in [0.4, 0.5) is 0 Å². The molecule has 1 aliphatic carbocycles. The van der Waals surface area contributed by atoms with Gasteiger partial charge >= 0.3 is 97.3 Å². The van der Waals surface area contributed by atoms with Gasteiger partial charge in [-0.15, -0.1) is 0 Å². The van der Waals surface area contributed by atoms with Crippen LogP contribution in [-0.4, -0.2) is 0 Å². The van der Waals surface area contributed by atoms with E-state index in [-0.39, 0.29) is 0 Å². The molecule has 0 fully saturated rings. The van der Waals surface area contributed by atoms with E-state index in [9.17, 15) is 0 Å². The second-order valence-electron chi connectivity index (χ2n) is 3.95. The van der Waals surface area contributed by atoms with Gasteiger partial charge in [0, 0.05) is 0 Å². The van der Waals surface area contributed by atoms with Crippen molar-refractivity contribution < 1.29 is 24.4 Å². The third-order valence-corrected chi connectivity index (χ3v) is 4.54. The Morgan fingerprint density at radius 1 is 1.31 bits per heavy atom. The van der Waals surface area contributed by atoms with Crippen LogP contribution in [0.1, 0.15) is 46.0 Å². The van der Waals surface area contributed by atoms with Crippen molar-refractivity contribution in [3.05, 3.63) is 23.8 Å². The number of hydrogen-bond donors (Lipinski definition) is 0. The van der Waals surface area contributed by atoms with Crippen molar-refractivity contribution in [2.24, 2.45) is 0 Å². The fourth-order valence-electron chi connectivity index (χ4n) is 1.79. The average molecular weight is 342 g/mol. The molecule has 0 heterocycles. The van der Waals surface area contributed by atoms with E-state index >= 15 is 0 Å². The minimum atomic E-state index is 0.512. The predicted molar refractivity (Wildman–Crippen MR) is 54.3 cm³/mol. The molecule has 0 aromatic carbocycles. The SMILES string of the molecule is CCCCC1=C[C]([Hf])(CCC)C=C1. The Labute approximate surface area is 97.1 Å². The van der Waals surface area contributed by atoms with Crippen LogP contribution in [0.2, 0.25) is 3.17 Å². The Morgan fingerprint density at radius 2 is 2.08 bits per heavy atom. The molecule has 0 nitrogen and oxygen atoms in total. The summed E-state index contributed by atoms with van der Waals surface area (Å²) < 4.78 is 0.512. The monoisotopic (exact) mass is 343 g/mol. The molecule has 0 aromatic heterocycles. The summed E-state index contributed by atoms with van der Waals surface area (Å²) in [6.07, 6.45) is 13.9. The van der Waals surface area contributed by atoms with E-state index in [1.807, 2.05) is 0 Å². The number of allylic oxidation sites excluding steroid dienone is 4. The summed E-state index contributed by atoms with van der Waals surface area (Å²) in [5, 5.41) is 0. The number of hydrogen-bond acceptors (Lipinski definition) is 0. The minimum absolute atomic E-state index is 0.512. The second kappa shape index (κ2) is 5.29. The first-order valence-corrected chi connectivity index (χ1v) is 7.16. The van der Waals surface area contributed by atoms with E-state index < -0.39 is 0 Å². The first-order valence-electron chi connectivity index (χ1n) is 5.36. The normalized spacial score (nSPS) is 26.4. The number of rotatable bonds is 5. The van der Waals surface area contributed by atoms with E-state index in [2.05, 4.69) is 32.1 Å². The van der Waals surface area contributed by atoms with E-state index in [1.165, 1.54) is 56.5 Å². The predicted octanol–water partition coefficient (Wildman–Crippen LogP) is 4.18. The van der Waals surface area contributed by atoms with Crippen LogP contribution < -0.4 is 0 Å². The fourth-order valence-corrected chi connectivity index (χ4v) is 3.65. The molecular weight excluding hydrogens is 323 g/mol. The van der Waals surface area contributed by atoms with Gasteiger partial charge in [-0.2, -0.15) is 0 Å². The molecular formula is C12H19Hf. The summed E-state index contributed by atoms with van der Waals surface area (Å²) in [4.78, 5) is 0. The van der Waals surface area contributed by atoms with E-state index in [0.29, 0.717) is 3.17 Å². The Morgan fingerprint density at radius 3 is 2.69 bits per heavy atom. The zero-order valence-corrected chi connectivity index (χ0v) is 12.4. The van der Waals surface area contributed by atoms with Crippen LogP contribution in [0.5, 0.6) is 0 Å². The quantitative estimate of drug-likeness (QED) is 0.658. The zero-order valence-electron chi connectivity index (χ0n) is 8.77. The van der Waals surface area contributed by atoms with E-state index in [0.717, 1.165) is 0 Å². The maximum absolute atomic E-state index is 2.53. The van der Waals surface area contributed by atoms with Gasteiger partial charge < -0.3 is 0 Å². The van der Waals surface area contributed by atoms with Crippen molar-refractivity contribution in [2.75, 3.05) is 0 Å². The van der Waals surface area contributed by atoms with Gasteiger partial charge in [-0.05, 0) is 0 Å². The summed E-state index contributed by atoms with van der Waals surface area (Å²) in [7, 11) is 0. The first kappa shape index (κ1) is 11.4. The molecule has 0 bridgehead atoms. The Balaban J connectivity index is 2.48. The summed E-state index contributed by atoms with van der Waals surface area (Å²) >= 11 is 1.28. The topological polar surface area (TPSA) is 0 Å². The van der Waals surface area contributed by atoms with Crippen LogP contribution in [0.3, 0.4) is 0 Å². The molecule has 0 amide bonds. The summed E-state index contributed by atoms with van der Waals surface area (Å²) in [6.45, 7) is 4.55. The van der Waals surface area contributed by atoms with E-state index in [4.69, 9.17) is 0 Å². The van der Waals surface area contributed by atoms with Gasteiger partial charge in [-0.1, -0.05) is 0 Å². The molecule has 0 aromatic rings. The van der Waals surface area contributed by atoms with Gasteiger partial charge in [0.2, 0.25) is 0 Å². The van der Waals surface area contributed by atoms with Crippen molar-refractivity contribution in [1.29, 1.82) is 0 Å². The van der Waals surface area contributed by atoms with E-state index in [1.54, 1.807) is 5.57 Å².